The molecule has 6 nitrogen and oxygen atoms in total. The maximum atomic E-state index is 11.6. The van der Waals surface area contributed by atoms with Gasteiger partial charge in [-0.25, -0.2) is 0 Å². The van der Waals surface area contributed by atoms with Crippen LogP contribution in [-0.4, -0.2) is 28.0 Å². The number of anilines is 1. The molecule has 0 aliphatic carbocycles. The van der Waals surface area contributed by atoms with E-state index in [2.05, 4.69) is 5.32 Å². The SMILES string of the molecule is CC(=O)Nc1ccc2c(c1)C(=O)N(O)C(=O)C2. The van der Waals surface area contributed by atoms with Gasteiger partial charge in [0.1, 0.15) is 0 Å². The van der Waals surface area contributed by atoms with Gasteiger partial charge < -0.3 is 5.32 Å². The summed E-state index contributed by atoms with van der Waals surface area (Å²) >= 11 is 0. The van der Waals surface area contributed by atoms with Gasteiger partial charge in [-0.3, -0.25) is 19.6 Å². The Bertz CT molecular complexity index is 524. The average molecular weight is 234 g/mol. The van der Waals surface area contributed by atoms with Crippen molar-refractivity contribution >= 4 is 23.4 Å². The Morgan fingerprint density at radius 2 is 2.12 bits per heavy atom. The quantitative estimate of drug-likeness (QED) is 0.549. The van der Waals surface area contributed by atoms with E-state index in [0.717, 1.165) is 0 Å². The molecule has 1 aromatic rings. The zero-order chi connectivity index (χ0) is 12.6. The Morgan fingerprint density at radius 3 is 2.76 bits per heavy atom. The number of hydrogen-bond acceptors (Lipinski definition) is 4. The molecule has 0 radical (unpaired) electrons. The van der Waals surface area contributed by atoms with Crippen molar-refractivity contribution in [2.75, 3.05) is 5.32 Å². The van der Waals surface area contributed by atoms with Crippen LogP contribution < -0.4 is 5.32 Å². The monoisotopic (exact) mass is 234 g/mol. The number of hydrogen-bond donors (Lipinski definition) is 2. The van der Waals surface area contributed by atoms with Crippen molar-refractivity contribution < 1.29 is 19.6 Å². The zero-order valence-electron chi connectivity index (χ0n) is 9.06. The van der Waals surface area contributed by atoms with E-state index in [0.29, 0.717) is 11.3 Å². The van der Waals surface area contributed by atoms with Crippen LogP contribution in [0.15, 0.2) is 18.2 Å². The van der Waals surface area contributed by atoms with Gasteiger partial charge in [0, 0.05) is 18.2 Å². The molecule has 6 heteroatoms. The number of carbonyl (C=O) groups is 3. The summed E-state index contributed by atoms with van der Waals surface area (Å²) in [6.07, 6.45) is -0.0298. The molecule has 1 heterocycles. The Labute approximate surface area is 96.8 Å². The third kappa shape index (κ3) is 2.02. The molecule has 2 rings (SSSR count). The van der Waals surface area contributed by atoms with Crippen molar-refractivity contribution in [2.45, 2.75) is 13.3 Å². The van der Waals surface area contributed by atoms with E-state index in [1.54, 1.807) is 12.1 Å². The average Bonchev–Trinajstić information content (AvgIpc) is 2.26. The maximum Gasteiger partial charge on any atom is 0.284 e. The summed E-state index contributed by atoms with van der Waals surface area (Å²) in [5.74, 6) is -1.69. The first-order chi connectivity index (χ1) is 7.99. The van der Waals surface area contributed by atoms with Crippen LogP contribution in [0, 0.1) is 0 Å². The minimum Gasteiger partial charge on any atom is -0.326 e. The lowest BCUT2D eigenvalue weighted by Gasteiger charge is -2.21. The Hall–Kier alpha value is -2.21. The third-order valence-electron chi connectivity index (χ3n) is 2.43. The summed E-state index contributed by atoms with van der Waals surface area (Å²) in [5.41, 5.74) is 1.21. The third-order valence-corrected chi connectivity index (χ3v) is 2.43. The van der Waals surface area contributed by atoms with E-state index < -0.39 is 11.8 Å². The summed E-state index contributed by atoms with van der Waals surface area (Å²) in [6, 6.07) is 4.63. The van der Waals surface area contributed by atoms with Crippen molar-refractivity contribution in [2.24, 2.45) is 0 Å². The minimum absolute atomic E-state index is 0.0298. The van der Waals surface area contributed by atoms with E-state index in [1.807, 2.05) is 0 Å². The maximum absolute atomic E-state index is 11.6. The fraction of sp³-hybridized carbons (Fsp3) is 0.182. The first-order valence-corrected chi connectivity index (χ1v) is 4.95. The molecule has 2 N–H and O–H groups in total. The van der Waals surface area contributed by atoms with Crippen molar-refractivity contribution in [3.8, 4) is 0 Å². The van der Waals surface area contributed by atoms with Gasteiger partial charge in [0.25, 0.3) is 11.8 Å². The lowest BCUT2D eigenvalue weighted by Crippen LogP contribution is -2.39. The summed E-state index contributed by atoms with van der Waals surface area (Å²) < 4.78 is 0. The lowest BCUT2D eigenvalue weighted by atomic mass is 9.99. The van der Waals surface area contributed by atoms with E-state index in [-0.39, 0.29) is 23.0 Å². The topological polar surface area (TPSA) is 86.7 Å². The molecule has 0 saturated heterocycles. The highest BCUT2D eigenvalue weighted by molar-refractivity contribution is 6.09. The van der Waals surface area contributed by atoms with Crippen molar-refractivity contribution in [1.82, 2.24) is 5.06 Å². The van der Waals surface area contributed by atoms with Crippen LogP contribution in [0.5, 0.6) is 0 Å². The Balaban J connectivity index is 2.42. The van der Waals surface area contributed by atoms with Crippen LogP contribution in [0.2, 0.25) is 0 Å². The number of amides is 3. The van der Waals surface area contributed by atoms with Gasteiger partial charge in [-0.2, -0.15) is 5.06 Å². The first kappa shape index (κ1) is 11.3. The highest BCUT2D eigenvalue weighted by Gasteiger charge is 2.30. The lowest BCUT2D eigenvalue weighted by molar-refractivity contribution is -0.154. The molecule has 17 heavy (non-hydrogen) atoms. The number of fused-ring (bicyclic) bond motifs is 1. The van der Waals surface area contributed by atoms with Crippen LogP contribution in [0.25, 0.3) is 0 Å². The summed E-state index contributed by atoms with van der Waals surface area (Å²) in [6.45, 7) is 1.35. The van der Waals surface area contributed by atoms with Crippen molar-refractivity contribution in [1.29, 1.82) is 0 Å². The van der Waals surface area contributed by atoms with Crippen LogP contribution in [0.3, 0.4) is 0 Å². The van der Waals surface area contributed by atoms with Crippen LogP contribution in [-0.2, 0) is 16.0 Å². The smallest absolute Gasteiger partial charge is 0.284 e. The molecular formula is C11H10N2O4. The number of rotatable bonds is 1. The normalized spacial score (nSPS) is 14.6. The number of hydroxylamine groups is 2. The van der Waals surface area contributed by atoms with Gasteiger partial charge in [-0.1, -0.05) is 6.07 Å². The highest BCUT2D eigenvalue weighted by atomic mass is 16.5. The van der Waals surface area contributed by atoms with E-state index in [4.69, 9.17) is 0 Å². The first-order valence-electron chi connectivity index (χ1n) is 4.95. The molecule has 0 spiro atoms. The summed E-state index contributed by atoms with van der Waals surface area (Å²) in [5, 5.41) is 11.8. The molecular weight excluding hydrogens is 224 g/mol. The molecule has 0 saturated carbocycles. The molecule has 0 fully saturated rings. The van der Waals surface area contributed by atoms with Gasteiger partial charge in [-0.05, 0) is 17.7 Å². The number of carbonyl (C=O) groups excluding carboxylic acids is 3. The molecule has 3 amide bonds. The second-order valence-electron chi connectivity index (χ2n) is 3.74. The molecule has 1 aliphatic heterocycles. The van der Waals surface area contributed by atoms with Gasteiger partial charge in [0.15, 0.2) is 0 Å². The fourth-order valence-corrected chi connectivity index (χ4v) is 1.68. The number of nitrogens with one attached hydrogen (secondary N) is 1. The number of imide groups is 1. The predicted molar refractivity (Wildman–Crippen MR) is 57.4 cm³/mol. The van der Waals surface area contributed by atoms with Gasteiger partial charge >= 0.3 is 0 Å². The molecule has 0 unspecified atom stereocenters. The van der Waals surface area contributed by atoms with E-state index in [1.165, 1.54) is 13.0 Å². The molecule has 0 bridgehead atoms. The van der Waals surface area contributed by atoms with Gasteiger partial charge in [-0.15, -0.1) is 0 Å². The van der Waals surface area contributed by atoms with Crippen LogP contribution >= 0.6 is 0 Å². The second-order valence-corrected chi connectivity index (χ2v) is 3.74. The van der Waals surface area contributed by atoms with Crippen molar-refractivity contribution in [3.63, 3.8) is 0 Å². The minimum atomic E-state index is -0.775. The van der Waals surface area contributed by atoms with Crippen LogP contribution in [0.4, 0.5) is 5.69 Å². The second kappa shape index (κ2) is 3.99. The zero-order valence-corrected chi connectivity index (χ0v) is 9.06. The number of benzene rings is 1. The molecule has 0 atom stereocenters. The van der Waals surface area contributed by atoms with Gasteiger partial charge in [0.05, 0.1) is 6.42 Å². The van der Waals surface area contributed by atoms with E-state index in [9.17, 15) is 19.6 Å². The van der Waals surface area contributed by atoms with Gasteiger partial charge in [0.2, 0.25) is 5.91 Å². The van der Waals surface area contributed by atoms with Crippen LogP contribution in [0.1, 0.15) is 22.8 Å². The summed E-state index contributed by atoms with van der Waals surface area (Å²) in [4.78, 5) is 33.7. The fourth-order valence-electron chi connectivity index (χ4n) is 1.68. The molecule has 0 aromatic heterocycles. The summed E-state index contributed by atoms with van der Waals surface area (Å²) in [7, 11) is 0. The standard InChI is InChI=1S/C11H10N2O4/c1-6(14)12-8-3-2-7-4-10(15)13(17)11(16)9(7)5-8/h2-3,5,17H,4H2,1H3,(H,12,14). The van der Waals surface area contributed by atoms with E-state index >= 15 is 0 Å². The predicted octanol–water partition coefficient (Wildman–Crippen LogP) is 0.559. The largest absolute Gasteiger partial charge is 0.326 e. The highest BCUT2D eigenvalue weighted by Crippen LogP contribution is 2.22. The molecule has 88 valence electrons. The van der Waals surface area contributed by atoms with Crippen molar-refractivity contribution in [3.05, 3.63) is 29.3 Å². The Kier molecular flexibility index (Phi) is 2.64. The molecule has 1 aliphatic rings. The Morgan fingerprint density at radius 1 is 1.41 bits per heavy atom. The molecule has 1 aromatic carbocycles. The number of nitrogens with zero attached hydrogens (tertiary/aromatic N) is 1.